The first-order chi connectivity index (χ1) is 14.0. The minimum atomic E-state index is -1.90. The Morgan fingerprint density at radius 1 is 0.724 bits per heavy atom. The second-order valence-electron chi connectivity index (χ2n) is 6.59. The molecule has 0 saturated heterocycles. The largest absolute Gasteiger partial charge is 0.306 e. The monoisotopic (exact) mass is 409 g/mol. The lowest BCUT2D eigenvalue weighted by Crippen LogP contribution is -2.00. The summed E-state index contributed by atoms with van der Waals surface area (Å²) >= 11 is -1.90. The van der Waals surface area contributed by atoms with Gasteiger partial charge in [-0.2, -0.15) is 4.39 Å². The summed E-state index contributed by atoms with van der Waals surface area (Å²) in [6, 6.07) is 23.8. The molecule has 1 unspecified atom stereocenters. The third-order valence-corrected chi connectivity index (χ3v) is 5.26. The van der Waals surface area contributed by atoms with E-state index in [1.165, 1.54) is 22.8 Å². The normalized spacial score (nSPS) is 12.1. The number of rotatable bonds is 5. The predicted molar refractivity (Wildman–Crippen MR) is 111 cm³/mol. The number of hydrogen-bond donors (Lipinski definition) is 1. The van der Waals surface area contributed by atoms with Crippen molar-refractivity contribution in [2.24, 2.45) is 0 Å². The van der Waals surface area contributed by atoms with E-state index in [9.17, 15) is 13.0 Å². The molecule has 29 heavy (non-hydrogen) atoms. The molecular formula is C23H17F2NO2S. The van der Waals surface area contributed by atoms with Crippen molar-refractivity contribution in [2.75, 3.05) is 0 Å². The van der Waals surface area contributed by atoms with Gasteiger partial charge in [0.15, 0.2) is 17.0 Å². The Bertz CT molecular complexity index is 1150. The van der Waals surface area contributed by atoms with Gasteiger partial charge in [0, 0.05) is 5.69 Å². The van der Waals surface area contributed by atoms with Gasteiger partial charge in [-0.3, -0.25) is 4.57 Å². The van der Waals surface area contributed by atoms with E-state index in [0.29, 0.717) is 11.4 Å². The highest BCUT2D eigenvalue weighted by atomic mass is 32.2. The lowest BCUT2D eigenvalue weighted by atomic mass is 10.1. The smallest absolute Gasteiger partial charge is 0.198 e. The quantitative estimate of drug-likeness (QED) is 0.423. The molecule has 0 amide bonds. The Balaban J connectivity index is 1.67. The van der Waals surface area contributed by atoms with Gasteiger partial charge in [-0.05, 0) is 58.7 Å². The molecule has 0 aliphatic rings. The van der Waals surface area contributed by atoms with Crippen molar-refractivity contribution < 1.29 is 17.5 Å². The third kappa shape index (κ3) is 4.18. The number of hydrogen-bond acceptors (Lipinski definition) is 1. The number of aromatic nitrogens is 1. The summed E-state index contributed by atoms with van der Waals surface area (Å²) < 4.78 is 49.1. The fraction of sp³-hybridized carbons (Fsp3) is 0.0435. The van der Waals surface area contributed by atoms with Crippen molar-refractivity contribution in [1.29, 1.82) is 0 Å². The van der Waals surface area contributed by atoms with Crippen LogP contribution in [0, 0.1) is 11.8 Å². The van der Waals surface area contributed by atoms with E-state index in [4.69, 9.17) is 4.55 Å². The summed E-state index contributed by atoms with van der Waals surface area (Å²) in [5.41, 5.74) is 4.65. The maximum absolute atomic E-state index is 14.5. The molecule has 0 aliphatic carbocycles. The zero-order valence-corrected chi connectivity index (χ0v) is 16.1. The minimum absolute atomic E-state index is 0.0561. The van der Waals surface area contributed by atoms with Crippen LogP contribution in [0.5, 0.6) is 0 Å². The Hall–Kier alpha value is -3.09. The van der Waals surface area contributed by atoms with Crippen molar-refractivity contribution in [3.8, 4) is 28.1 Å². The van der Waals surface area contributed by atoms with E-state index in [-0.39, 0.29) is 11.6 Å². The molecule has 1 aromatic heterocycles. The van der Waals surface area contributed by atoms with E-state index in [1.54, 1.807) is 42.5 Å². The average molecular weight is 409 g/mol. The third-order valence-electron chi connectivity index (χ3n) is 4.68. The van der Waals surface area contributed by atoms with Gasteiger partial charge in [-0.1, -0.05) is 48.5 Å². The molecule has 6 heteroatoms. The van der Waals surface area contributed by atoms with Crippen molar-refractivity contribution in [2.45, 2.75) is 5.75 Å². The van der Waals surface area contributed by atoms with Crippen molar-refractivity contribution in [3.05, 3.63) is 102 Å². The summed E-state index contributed by atoms with van der Waals surface area (Å²) in [6.07, 6.45) is 0. The zero-order valence-electron chi connectivity index (χ0n) is 15.3. The van der Waals surface area contributed by atoms with Crippen LogP contribution in [0.3, 0.4) is 0 Å². The summed E-state index contributed by atoms with van der Waals surface area (Å²) in [5, 5.41) is 0. The summed E-state index contributed by atoms with van der Waals surface area (Å²) in [4.78, 5) is 0. The predicted octanol–water partition coefficient (Wildman–Crippen LogP) is 5.81. The molecule has 0 spiro atoms. The summed E-state index contributed by atoms with van der Waals surface area (Å²) in [7, 11) is 0. The van der Waals surface area contributed by atoms with Gasteiger partial charge in [-0.15, -0.1) is 0 Å². The SMILES string of the molecule is O=S(O)Cc1ccc(-c2ccc(F)n2-c2ccc(-c3ccc(F)cc3)cc2)cc1. The van der Waals surface area contributed by atoms with Crippen LogP contribution in [0.15, 0.2) is 84.9 Å². The van der Waals surface area contributed by atoms with Crippen LogP contribution in [0.2, 0.25) is 0 Å². The van der Waals surface area contributed by atoms with Crippen molar-refractivity contribution in [1.82, 2.24) is 4.57 Å². The summed E-state index contributed by atoms with van der Waals surface area (Å²) in [5.74, 6) is -0.628. The van der Waals surface area contributed by atoms with Gasteiger partial charge < -0.3 is 4.55 Å². The molecule has 3 nitrogen and oxygen atoms in total. The van der Waals surface area contributed by atoms with Gasteiger partial charge in [0.1, 0.15) is 5.82 Å². The topological polar surface area (TPSA) is 42.2 Å². The van der Waals surface area contributed by atoms with Crippen LogP contribution in [0.25, 0.3) is 28.1 Å². The highest BCUT2D eigenvalue weighted by molar-refractivity contribution is 7.78. The Morgan fingerprint density at radius 2 is 1.28 bits per heavy atom. The fourth-order valence-electron chi connectivity index (χ4n) is 3.26. The highest BCUT2D eigenvalue weighted by Gasteiger charge is 2.12. The molecule has 0 aliphatic heterocycles. The lowest BCUT2D eigenvalue weighted by Gasteiger charge is -2.12. The van der Waals surface area contributed by atoms with E-state index in [0.717, 1.165) is 22.3 Å². The van der Waals surface area contributed by atoms with Crippen LogP contribution >= 0.6 is 0 Å². The number of nitrogens with zero attached hydrogens (tertiary/aromatic N) is 1. The highest BCUT2D eigenvalue weighted by Crippen LogP contribution is 2.28. The molecule has 0 saturated carbocycles. The van der Waals surface area contributed by atoms with Gasteiger partial charge in [0.2, 0.25) is 0 Å². The first-order valence-electron chi connectivity index (χ1n) is 8.92. The van der Waals surface area contributed by atoms with E-state index >= 15 is 0 Å². The van der Waals surface area contributed by atoms with Crippen LogP contribution in [-0.2, 0) is 16.8 Å². The molecule has 0 bridgehead atoms. The standard InChI is InChI=1S/C23H17F2NO2S/c24-20-9-5-17(6-10-20)18-7-11-21(12-8-18)26-22(13-14-23(26)25)19-3-1-16(2-4-19)15-29(27)28/h1-14H,15H2,(H,27,28). The van der Waals surface area contributed by atoms with Gasteiger partial charge in [0.25, 0.3) is 0 Å². The first-order valence-corrected chi connectivity index (χ1v) is 10.2. The molecule has 0 radical (unpaired) electrons. The van der Waals surface area contributed by atoms with E-state index < -0.39 is 17.0 Å². The molecule has 4 aromatic rings. The molecule has 1 atom stereocenters. The molecular weight excluding hydrogens is 392 g/mol. The molecule has 0 fully saturated rings. The van der Waals surface area contributed by atoms with Crippen LogP contribution in [0.4, 0.5) is 8.78 Å². The zero-order chi connectivity index (χ0) is 20.4. The molecule has 3 aromatic carbocycles. The number of benzene rings is 3. The Labute approximate surface area is 169 Å². The lowest BCUT2D eigenvalue weighted by molar-refractivity contribution is 0.561. The van der Waals surface area contributed by atoms with Gasteiger partial charge in [0.05, 0.1) is 11.4 Å². The summed E-state index contributed by atoms with van der Waals surface area (Å²) in [6.45, 7) is 0. The van der Waals surface area contributed by atoms with Crippen molar-refractivity contribution >= 4 is 11.1 Å². The Kier molecular flexibility index (Phi) is 5.38. The average Bonchev–Trinajstić information content (AvgIpc) is 3.10. The maximum atomic E-state index is 14.5. The van der Waals surface area contributed by atoms with Crippen LogP contribution < -0.4 is 0 Å². The molecule has 1 heterocycles. The molecule has 4 rings (SSSR count). The van der Waals surface area contributed by atoms with Crippen LogP contribution in [0.1, 0.15) is 5.56 Å². The van der Waals surface area contributed by atoms with Gasteiger partial charge in [-0.25, -0.2) is 8.60 Å². The van der Waals surface area contributed by atoms with E-state index in [1.807, 2.05) is 24.3 Å². The first kappa shape index (κ1) is 19.2. The number of halogens is 2. The minimum Gasteiger partial charge on any atom is -0.306 e. The second kappa shape index (κ2) is 8.11. The van der Waals surface area contributed by atoms with E-state index in [2.05, 4.69) is 0 Å². The van der Waals surface area contributed by atoms with Crippen molar-refractivity contribution in [3.63, 3.8) is 0 Å². The fourth-order valence-corrected chi connectivity index (χ4v) is 3.74. The second-order valence-corrected chi connectivity index (χ2v) is 7.52. The van der Waals surface area contributed by atoms with Crippen LogP contribution in [-0.4, -0.2) is 13.3 Å². The maximum Gasteiger partial charge on any atom is 0.198 e. The Morgan fingerprint density at radius 3 is 1.86 bits per heavy atom. The molecule has 146 valence electrons. The van der Waals surface area contributed by atoms with Gasteiger partial charge >= 0.3 is 0 Å². The molecule has 1 N–H and O–H groups in total.